The van der Waals surface area contributed by atoms with Crippen LogP contribution in [0.2, 0.25) is 0 Å². The maximum Gasteiger partial charge on any atom is 0.154 e. The molecule has 12 atom stereocenters. The molecule has 4 unspecified atom stereocenters. The van der Waals surface area contributed by atoms with E-state index in [1.54, 1.807) is 0 Å². The van der Waals surface area contributed by atoms with Crippen LogP contribution in [0.5, 0.6) is 0 Å². The summed E-state index contributed by atoms with van der Waals surface area (Å²) in [5, 5.41) is 24.8. The number of nitrogens with one attached hydrogen (secondary N) is 2. The van der Waals surface area contributed by atoms with E-state index >= 15 is 0 Å². The number of anilines is 2. The molecule has 228 valence electrons. The molecule has 4 aliphatic rings. The minimum atomic E-state index is -0.941. The summed E-state index contributed by atoms with van der Waals surface area (Å²) in [6.07, 6.45) is 2.27. The average molecular weight is 623 g/mol. The Morgan fingerprint density at radius 2 is 1.17 bits per heavy atom. The largest absolute Gasteiger partial charge is 0.387 e. The minimum absolute atomic E-state index is 0.144. The quantitative estimate of drug-likeness (QED) is 0.0861. The Labute approximate surface area is 246 Å². The second-order valence-electron chi connectivity index (χ2n) is 10.6. The third-order valence-corrected chi connectivity index (χ3v) is 9.35. The maximum absolute atomic E-state index is 9.93. The Kier molecular flexibility index (Phi) is 8.19. The molecular weight excluding hydrogens is 586 g/mol. The fraction of sp³-hybridized carbons (Fsp3) is 0.583. The van der Waals surface area contributed by atoms with Gasteiger partial charge in [0.15, 0.2) is 10.7 Å². The second-order valence-corrected chi connectivity index (χ2v) is 12.3. The number of aliphatic hydroxyl groups is 2. The van der Waals surface area contributed by atoms with Gasteiger partial charge in [-0.15, -0.1) is 0 Å². The van der Waals surface area contributed by atoms with Crippen molar-refractivity contribution in [3.63, 3.8) is 0 Å². The first-order valence-corrected chi connectivity index (χ1v) is 14.6. The van der Waals surface area contributed by atoms with E-state index in [1.165, 1.54) is 12.7 Å². The molecule has 2 saturated heterocycles. The van der Waals surface area contributed by atoms with Gasteiger partial charge >= 0.3 is 0 Å². The SMILES string of the molecule is N[C@H]1[C@@H](O)[C@H](N)O[C@@H]1COC1(P)c2ncnc(NC/C=C/CNc3ncnc4c3C4(P)OC[C@H]3O[C@@H](N)[C@H](O)[C@@H]3N)c21. The van der Waals surface area contributed by atoms with E-state index in [4.69, 9.17) is 41.9 Å². The summed E-state index contributed by atoms with van der Waals surface area (Å²) in [6, 6.07) is -1.26. The van der Waals surface area contributed by atoms with E-state index < -0.39 is 59.6 Å². The standard InChI is InChI=1S/C24H36N10O6P2/c25-13-9(39-19(27)15(13)35)5-37-23(41)11-17(23)31-7-33-21(11)29-3-1-2-4-30-22-12-18(32-8-34-22)24(12,42)38-6-10-14(26)16(36)20(28)40-10/h1-2,7-10,13-16,19-20,35-36H,3-6,25-28,41-42H2,(H,29,31,33)(H,30,32,34)/b2-1+/t9-,10-,13-,14-,15-,16-,19-,20-,23?,24?/m1/s1. The number of aliphatic hydroxyl groups excluding tert-OH is 2. The summed E-state index contributed by atoms with van der Waals surface area (Å²) in [6.45, 7) is 1.31. The highest BCUT2D eigenvalue weighted by Crippen LogP contribution is 2.58. The lowest BCUT2D eigenvalue weighted by molar-refractivity contribution is -0.0400. The van der Waals surface area contributed by atoms with E-state index in [-0.39, 0.29) is 13.2 Å². The average Bonchev–Trinajstić information content (AvgIpc) is 3.74. The molecule has 12 N–H and O–H groups in total. The zero-order valence-corrected chi connectivity index (χ0v) is 24.8. The van der Waals surface area contributed by atoms with Crippen molar-refractivity contribution in [3.8, 4) is 0 Å². The lowest BCUT2D eigenvalue weighted by Crippen LogP contribution is -2.43. The van der Waals surface area contributed by atoms with Crippen LogP contribution in [0.3, 0.4) is 0 Å². The van der Waals surface area contributed by atoms with Gasteiger partial charge in [0.25, 0.3) is 0 Å². The molecule has 0 amide bonds. The van der Waals surface area contributed by atoms with Crippen LogP contribution in [0.4, 0.5) is 11.6 Å². The van der Waals surface area contributed by atoms with Gasteiger partial charge < -0.3 is 62.7 Å². The molecule has 0 bridgehead atoms. The monoisotopic (exact) mass is 622 g/mol. The number of aromatic nitrogens is 4. The second kappa shape index (κ2) is 11.5. The lowest BCUT2D eigenvalue weighted by atomic mass is 10.1. The van der Waals surface area contributed by atoms with Crippen LogP contribution in [0.1, 0.15) is 22.5 Å². The van der Waals surface area contributed by atoms with E-state index in [0.717, 1.165) is 22.5 Å². The van der Waals surface area contributed by atoms with Crippen molar-refractivity contribution < 1.29 is 29.2 Å². The molecule has 0 spiro atoms. The van der Waals surface area contributed by atoms with Gasteiger partial charge in [0.2, 0.25) is 0 Å². The van der Waals surface area contributed by atoms with Crippen LogP contribution in [0.15, 0.2) is 24.8 Å². The summed E-state index contributed by atoms with van der Waals surface area (Å²) in [4.78, 5) is 17.3. The maximum atomic E-state index is 9.93. The zero-order valence-electron chi connectivity index (χ0n) is 22.5. The van der Waals surface area contributed by atoms with Crippen molar-refractivity contribution >= 4 is 30.1 Å². The van der Waals surface area contributed by atoms with Gasteiger partial charge in [0, 0.05) is 13.1 Å². The molecule has 0 aromatic carbocycles. The first-order chi connectivity index (χ1) is 20.1. The highest BCUT2D eigenvalue weighted by Gasteiger charge is 2.55. The number of ether oxygens (including phenoxy) is 4. The van der Waals surface area contributed by atoms with Gasteiger partial charge in [0.1, 0.15) is 61.2 Å². The van der Waals surface area contributed by atoms with Crippen molar-refractivity contribution in [2.24, 2.45) is 22.9 Å². The fourth-order valence-corrected chi connectivity index (χ4v) is 6.26. The highest BCUT2D eigenvalue weighted by atomic mass is 31.0. The first kappa shape index (κ1) is 30.0. The number of rotatable bonds is 12. The molecule has 4 heterocycles. The predicted octanol–water partition coefficient (Wildman–Crippen LogP) is -3.10. The summed E-state index contributed by atoms with van der Waals surface area (Å²) in [5.41, 5.74) is 26.6. The molecule has 42 heavy (non-hydrogen) atoms. The van der Waals surface area contributed by atoms with Crippen LogP contribution in [0, 0.1) is 0 Å². The lowest BCUT2D eigenvalue weighted by Gasteiger charge is -2.18. The molecule has 2 aromatic heterocycles. The van der Waals surface area contributed by atoms with Crippen molar-refractivity contribution in [1.29, 1.82) is 0 Å². The number of hydrogen-bond acceptors (Lipinski definition) is 16. The van der Waals surface area contributed by atoms with Gasteiger partial charge in [0.05, 0.1) is 47.8 Å². The molecule has 16 nitrogen and oxygen atoms in total. The predicted molar refractivity (Wildman–Crippen MR) is 157 cm³/mol. The number of hydrogen-bond donors (Lipinski definition) is 8. The van der Waals surface area contributed by atoms with Crippen LogP contribution in [-0.4, -0.2) is 105 Å². The van der Waals surface area contributed by atoms with Crippen molar-refractivity contribution in [1.82, 2.24) is 19.9 Å². The topological polar surface area (TPSA) is 257 Å². The van der Waals surface area contributed by atoms with Gasteiger partial charge in [-0.2, -0.15) is 0 Å². The Morgan fingerprint density at radius 3 is 1.52 bits per heavy atom. The molecule has 2 aliphatic carbocycles. The molecule has 6 rings (SSSR count). The number of nitrogens with two attached hydrogens (primary N) is 4. The molecular formula is C24H36N10O6P2. The molecule has 2 aromatic rings. The summed E-state index contributed by atoms with van der Waals surface area (Å²) >= 11 is 0. The molecule has 18 heteroatoms. The third-order valence-electron chi connectivity index (χ3n) is 7.89. The van der Waals surface area contributed by atoms with Crippen LogP contribution < -0.4 is 33.6 Å². The van der Waals surface area contributed by atoms with Crippen LogP contribution in [-0.2, 0) is 29.6 Å². The number of fused-ring (bicyclic) bond motifs is 2. The summed E-state index contributed by atoms with van der Waals surface area (Å²) in [7, 11) is 5.32. The summed E-state index contributed by atoms with van der Waals surface area (Å²) in [5.74, 6) is 1.32. The van der Waals surface area contributed by atoms with Gasteiger partial charge in [-0.05, 0) is 0 Å². The van der Waals surface area contributed by atoms with E-state index in [0.29, 0.717) is 24.7 Å². The number of nitrogens with zero attached hydrogens (tertiary/aromatic N) is 4. The highest BCUT2D eigenvalue weighted by molar-refractivity contribution is 7.19. The van der Waals surface area contributed by atoms with Crippen LogP contribution >= 0.6 is 18.5 Å². The molecule has 0 saturated carbocycles. The smallest absolute Gasteiger partial charge is 0.154 e. The Morgan fingerprint density at radius 1 is 0.762 bits per heavy atom. The van der Waals surface area contributed by atoms with E-state index in [1.807, 2.05) is 12.2 Å². The van der Waals surface area contributed by atoms with Crippen molar-refractivity contribution in [2.75, 3.05) is 36.9 Å². The minimum Gasteiger partial charge on any atom is -0.387 e. The van der Waals surface area contributed by atoms with Gasteiger partial charge in [-0.3, -0.25) is 0 Å². The van der Waals surface area contributed by atoms with Gasteiger partial charge in [-0.25, -0.2) is 19.9 Å². The molecule has 2 aliphatic heterocycles. The normalized spacial score (nSPS) is 38.0. The van der Waals surface area contributed by atoms with Crippen LogP contribution in [0.25, 0.3) is 0 Å². The molecule has 2 fully saturated rings. The van der Waals surface area contributed by atoms with Crippen molar-refractivity contribution in [3.05, 3.63) is 47.3 Å². The third kappa shape index (κ3) is 5.30. The van der Waals surface area contributed by atoms with E-state index in [2.05, 4.69) is 49.0 Å². The Hall–Kier alpha value is -2.04. The zero-order chi connectivity index (χ0) is 29.8. The molecule has 0 radical (unpaired) electrons. The fourth-order valence-electron chi connectivity index (χ4n) is 5.22. The Bertz CT molecular complexity index is 1260. The first-order valence-electron chi connectivity index (χ1n) is 13.5. The van der Waals surface area contributed by atoms with Crippen molar-refractivity contribution in [2.45, 2.75) is 59.6 Å². The Balaban J connectivity index is 0.963. The van der Waals surface area contributed by atoms with E-state index in [9.17, 15) is 10.2 Å². The van der Waals surface area contributed by atoms with Gasteiger partial charge in [-0.1, -0.05) is 30.6 Å². The summed E-state index contributed by atoms with van der Waals surface area (Å²) < 4.78 is 23.1.